The Bertz CT molecular complexity index is 534. The Balaban J connectivity index is 1.79. The molecule has 1 aliphatic rings. The third-order valence-corrected chi connectivity index (χ3v) is 3.84. The number of hydrogen-bond acceptors (Lipinski definition) is 3. The van der Waals surface area contributed by atoms with E-state index in [4.69, 9.17) is 4.74 Å². The van der Waals surface area contributed by atoms with E-state index < -0.39 is 11.6 Å². The Morgan fingerprint density at radius 1 is 1.26 bits per heavy atom. The number of amides is 2. The summed E-state index contributed by atoms with van der Waals surface area (Å²) in [7, 11) is 1.60. The van der Waals surface area contributed by atoms with Gasteiger partial charge in [-0.15, -0.1) is 0 Å². The second-order valence-electron chi connectivity index (χ2n) is 5.82. The molecule has 0 radical (unpaired) electrons. The highest BCUT2D eigenvalue weighted by Gasteiger charge is 2.22. The average Bonchev–Trinajstić information content (AvgIpc) is 2.52. The smallest absolute Gasteiger partial charge is 0.317 e. The lowest BCUT2D eigenvalue weighted by atomic mass is 10.2. The first-order valence-corrected chi connectivity index (χ1v) is 7.70. The first kappa shape index (κ1) is 17.6. The summed E-state index contributed by atoms with van der Waals surface area (Å²) in [5.74, 6) is -1.66. The van der Waals surface area contributed by atoms with Crippen LogP contribution >= 0.6 is 0 Å². The Morgan fingerprint density at radius 2 is 1.96 bits per heavy atom. The van der Waals surface area contributed by atoms with Gasteiger partial charge in [0.15, 0.2) is 11.6 Å². The molecular formula is C16H23F2N3O2. The number of hydrogen-bond donors (Lipinski definition) is 1. The number of benzene rings is 1. The molecule has 1 saturated heterocycles. The fourth-order valence-corrected chi connectivity index (χ4v) is 2.60. The molecule has 23 heavy (non-hydrogen) atoms. The van der Waals surface area contributed by atoms with Crippen LogP contribution < -0.4 is 5.32 Å². The largest absolute Gasteiger partial charge is 0.383 e. The number of urea groups is 1. The molecule has 1 N–H and O–H groups in total. The van der Waals surface area contributed by atoms with Crippen LogP contribution in [-0.2, 0) is 11.3 Å². The molecule has 1 unspecified atom stereocenters. The van der Waals surface area contributed by atoms with Crippen molar-refractivity contribution in [2.24, 2.45) is 0 Å². The first-order valence-electron chi connectivity index (χ1n) is 7.70. The van der Waals surface area contributed by atoms with Crippen molar-refractivity contribution >= 4 is 6.03 Å². The molecule has 0 saturated carbocycles. The summed E-state index contributed by atoms with van der Waals surface area (Å²) in [6.45, 7) is 5.52. The van der Waals surface area contributed by atoms with E-state index >= 15 is 0 Å². The fraction of sp³-hybridized carbons (Fsp3) is 0.562. The van der Waals surface area contributed by atoms with Crippen molar-refractivity contribution in [2.45, 2.75) is 19.5 Å². The number of halogens is 2. The van der Waals surface area contributed by atoms with Gasteiger partial charge in [0.2, 0.25) is 0 Å². The number of nitrogens with one attached hydrogen (secondary N) is 1. The standard InChI is InChI=1S/C16H23F2N3O2/c1-12(11-23-2)19-16(22)21-7-5-20(6-8-21)10-13-3-4-14(17)15(18)9-13/h3-4,9,12H,5-8,10-11H2,1-2H3,(H,19,22). The maximum Gasteiger partial charge on any atom is 0.317 e. The molecule has 1 heterocycles. The normalized spacial score (nSPS) is 17.1. The van der Waals surface area contributed by atoms with Gasteiger partial charge in [-0.1, -0.05) is 6.07 Å². The minimum atomic E-state index is -0.833. The summed E-state index contributed by atoms with van der Waals surface area (Å²) in [4.78, 5) is 16.0. The van der Waals surface area contributed by atoms with E-state index in [1.165, 1.54) is 6.07 Å². The van der Waals surface area contributed by atoms with Crippen molar-refractivity contribution in [1.82, 2.24) is 15.1 Å². The molecule has 0 aliphatic carbocycles. The monoisotopic (exact) mass is 327 g/mol. The first-order chi connectivity index (χ1) is 11.0. The molecule has 2 rings (SSSR count). The minimum Gasteiger partial charge on any atom is -0.383 e. The van der Waals surface area contributed by atoms with Crippen LogP contribution in [0.3, 0.4) is 0 Å². The van der Waals surface area contributed by atoms with Gasteiger partial charge in [-0.3, -0.25) is 4.90 Å². The Kier molecular flexibility index (Phi) is 6.29. The predicted octanol–water partition coefficient (Wildman–Crippen LogP) is 1.83. The molecule has 2 amide bonds. The van der Waals surface area contributed by atoms with E-state index in [0.717, 1.165) is 11.6 Å². The van der Waals surface area contributed by atoms with Crippen LogP contribution in [0.25, 0.3) is 0 Å². The second-order valence-corrected chi connectivity index (χ2v) is 5.82. The molecule has 7 heteroatoms. The molecule has 1 aromatic carbocycles. The minimum absolute atomic E-state index is 0.0345. The number of methoxy groups -OCH3 is 1. The molecule has 5 nitrogen and oxygen atoms in total. The zero-order chi connectivity index (χ0) is 16.8. The SMILES string of the molecule is COCC(C)NC(=O)N1CCN(Cc2ccc(F)c(F)c2)CC1. The quantitative estimate of drug-likeness (QED) is 0.897. The van der Waals surface area contributed by atoms with Gasteiger partial charge in [0.05, 0.1) is 12.6 Å². The van der Waals surface area contributed by atoms with Gasteiger partial charge >= 0.3 is 6.03 Å². The van der Waals surface area contributed by atoms with Gasteiger partial charge < -0.3 is 15.0 Å². The Labute approximate surface area is 135 Å². The van der Waals surface area contributed by atoms with Crippen molar-refractivity contribution in [3.63, 3.8) is 0 Å². The molecule has 0 bridgehead atoms. The number of piperazine rings is 1. The molecule has 1 fully saturated rings. The number of carbonyl (C=O) groups excluding carboxylic acids is 1. The van der Waals surface area contributed by atoms with Crippen LogP contribution in [0, 0.1) is 11.6 Å². The van der Waals surface area contributed by atoms with Gasteiger partial charge in [0.1, 0.15) is 0 Å². The lowest BCUT2D eigenvalue weighted by Gasteiger charge is -2.35. The maximum absolute atomic E-state index is 13.2. The summed E-state index contributed by atoms with van der Waals surface area (Å²) >= 11 is 0. The number of ether oxygens (including phenoxy) is 1. The Hall–Kier alpha value is -1.73. The van der Waals surface area contributed by atoms with E-state index in [0.29, 0.717) is 39.3 Å². The van der Waals surface area contributed by atoms with Crippen molar-refractivity contribution < 1.29 is 18.3 Å². The molecule has 0 spiro atoms. The van der Waals surface area contributed by atoms with E-state index in [1.54, 1.807) is 18.1 Å². The van der Waals surface area contributed by atoms with Crippen molar-refractivity contribution in [2.75, 3.05) is 39.9 Å². The zero-order valence-electron chi connectivity index (χ0n) is 13.5. The summed E-state index contributed by atoms with van der Waals surface area (Å²) in [5, 5.41) is 2.88. The van der Waals surface area contributed by atoms with Crippen molar-refractivity contribution in [1.29, 1.82) is 0 Å². The van der Waals surface area contributed by atoms with Crippen LogP contribution in [0.2, 0.25) is 0 Å². The molecule has 1 atom stereocenters. The summed E-state index contributed by atoms with van der Waals surface area (Å²) in [6, 6.07) is 3.82. The Morgan fingerprint density at radius 3 is 2.57 bits per heavy atom. The topological polar surface area (TPSA) is 44.8 Å². The number of rotatable bonds is 5. The van der Waals surface area contributed by atoms with Crippen LogP contribution in [0.4, 0.5) is 13.6 Å². The van der Waals surface area contributed by atoms with Gasteiger partial charge in [0, 0.05) is 39.8 Å². The summed E-state index contributed by atoms with van der Waals surface area (Å²) < 4.78 is 31.1. The highest BCUT2D eigenvalue weighted by atomic mass is 19.2. The van der Waals surface area contributed by atoms with E-state index in [1.807, 2.05) is 6.92 Å². The molecule has 1 aliphatic heterocycles. The molecule has 1 aromatic rings. The summed E-state index contributed by atoms with van der Waals surface area (Å²) in [5.41, 5.74) is 0.732. The van der Waals surface area contributed by atoms with E-state index in [2.05, 4.69) is 10.2 Å². The lowest BCUT2D eigenvalue weighted by molar-refractivity contribution is 0.126. The van der Waals surface area contributed by atoms with Gasteiger partial charge in [-0.2, -0.15) is 0 Å². The zero-order valence-corrected chi connectivity index (χ0v) is 13.5. The second kappa shape index (κ2) is 8.21. The third-order valence-electron chi connectivity index (χ3n) is 3.84. The third kappa shape index (κ3) is 5.14. The average molecular weight is 327 g/mol. The molecule has 128 valence electrons. The number of nitrogens with zero attached hydrogens (tertiary/aromatic N) is 2. The van der Waals surface area contributed by atoms with Crippen LogP contribution in [-0.4, -0.2) is 61.8 Å². The maximum atomic E-state index is 13.2. The number of carbonyl (C=O) groups is 1. The van der Waals surface area contributed by atoms with Crippen molar-refractivity contribution in [3.8, 4) is 0 Å². The molecule has 0 aromatic heterocycles. The van der Waals surface area contributed by atoms with Gasteiger partial charge in [0.25, 0.3) is 0 Å². The van der Waals surface area contributed by atoms with Gasteiger partial charge in [-0.25, -0.2) is 13.6 Å². The van der Waals surface area contributed by atoms with Crippen LogP contribution in [0.15, 0.2) is 18.2 Å². The highest BCUT2D eigenvalue weighted by molar-refractivity contribution is 5.74. The van der Waals surface area contributed by atoms with E-state index in [9.17, 15) is 13.6 Å². The van der Waals surface area contributed by atoms with Crippen molar-refractivity contribution in [3.05, 3.63) is 35.4 Å². The van der Waals surface area contributed by atoms with Crippen LogP contribution in [0.1, 0.15) is 12.5 Å². The highest BCUT2D eigenvalue weighted by Crippen LogP contribution is 2.12. The summed E-state index contributed by atoms with van der Waals surface area (Å²) in [6.07, 6.45) is 0. The van der Waals surface area contributed by atoms with Crippen LogP contribution in [0.5, 0.6) is 0 Å². The van der Waals surface area contributed by atoms with E-state index in [-0.39, 0.29) is 12.1 Å². The molecular weight excluding hydrogens is 304 g/mol. The predicted molar refractivity (Wildman–Crippen MR) is 83.1 cm³/mol. The van der Waals surface area contributed by atoms with Gasteiger partial charge in [-0.05, 0) is 24.6 Å². The lowest BCUT2D eigenvalue weighted by Crippen LogP contribution is -2.53. The fourth-order valence-electron chi connectivity index (χ4n) is 2.60.